The standard InChI is InChI=1S/C13H15NO2.C9H7NO.O.V/c1-10(2)16-9-14-8-4-6-11-5-3-7-12(15)13(11)14;11-8-5-1-3-7-4-2-6-10-9(7)8;;/h3-10,15H,1-2H3;1-6,11H;;. The maximum atomic E-state index is 9.82. The summed E-state index contributed by atoms with van der Waals surface area (Å²) in [6.07, 6.45) is 3.64. The normalized spacial score (nSPS) is 10.0. The van der Waals surface area contributed by atoms with Crippen molar-refractivity contribution in [2.45, 2.75) is 20.0 Å². The first kappa shape index (κ1) is 22.4. The van der Waals surface area contributed by atoms with E-state index in [0.717, 1.165) is 33.7 Å². The molecule has 0 radical (unpaired) electrons. The number of nitrogens with zero attached hydrogens (tertiary/aromatic N) is 2. The molecule has 0 aliphatic rings. The second-order valence-corrected chi connectivity index (χ2v) is 6.27. The van der Waals surface area contributed by atoms with Gasteiger partial charge in [0.1, 0.15) is 17.0 Å². The Bertz CT molecular complexity index is 1060. The SMILES string of the molecule is CC(C)O[CH-][n+]1cccc2cccc(O)c21.Oc1cccc2cccnc12.[O]=[V]. The van der Waals surface area contributed by atoms with Crippen molar-refractivity contribution in [3.8, 4) is 11.5 Å². The van der Waals surface area contributed by atoms with Crippen LogP contribution in [0.3, 0.4) is 0 Å². The van der Waals surface area contributed by atoms with Crippen LogP contribution in [0.1, 0.15) is 13.8 Å². The topological polar surface area (TPSA) is 83.5 Å². The zero-order chi connectivity index (χ0) is 21.2. The molecule has 0 amide bonds. The number of aromatic nitrogens is 2. The number of ether oxygens (including phenoxy) is 1. The molecule has 0 spiro atoms. The molecule has 0 aliphatic carbocycles. The minimum atomic E-state index is 0.119. The van der Waals surface area contributed by atoms with Crippen molar-refractivity contribution in [2.24, 2.45) is 0 Å². The molecule has 0 bridgehead atoms. The number of aromatic hydroxyl groups is 2. The molecular formula is C22H22N2O4V. The third kappa shape index (κ3) is 6.02. The van der Waals surface area contributed by atoms with Crippen molar-refractivity contribution in [3.63, 3.8) is 0 Å². The van der Waals surface area contributed by atoms with E-state index >= 15 is 0 Å². The Hall–Kier alpha value is -2.93. The number of hydrogen-bond donors (Lipinski definition) is 2. The van der Waals surface area contributed by atoms with Gasteiger partial charge >= 0.3 is 21.0 Å². The van der Waals surface area contributed by atoms with Crippen LogP contribution < -0.4 is 4.57 Å². The second kappa shape index (κ2) is 11.2. The zero-order valence-electron chi connectivity index (χ0n) is 16.1. The second-order valence-electron chi connectivity index (χ2n) is 6.27. The van der Waals surface area contributed by atoms with Gasteiger partial charge in [-0.1, -0.05) is 42.5 Å². The molecule has 0 aliphatic heterocycles. The number of phenolic OH excluding ortho intramolecular Hbond substituents is 2. The molecular weight excluding hydrogens is 407 g/mol. The Morgan fingerprint density at radius 2 is 1.55 bits per heavy atom. The van der Waals surface area contributed by atoms with E-state index in [1.54, 1.807) is 35.7 Å². The Balaban J connectivity index is 0.000000201. The molecule has 0 saturated heterocycles. The monoisotopic (exact) mass is 429 g/mol. The average molecular weight is 429 g/mol. The fourth-order valence-electron chi connectivity index (χ4n) is 2.64. The molecule has 0 saturated carbocycles. The first-order valence-corrected chi connectivity index (χ1v) is 9.45. The summed E-state index contributed by atoms with van der Waals surface area (Å²) in [5.41, 5.74) is 1.42. The number of fused-ring (bicyclic) bond motifs is 2. The van der Waals surface area contributed by atoms with Crippen LogP contribution in [0, 0.1) is 6.73 Å². The van der Waals surface area contributed by atoms with Gasteiger partial charge in [0.25, 0.3) is 0 Å². The van der Waals surface area contributed by atoms with Gasteiger partial charge in [0.15, 0.2) is 12.2 Å². The Morgan fingerprint density at radius 3 is 2.24 bits per heavy atom. The van der Waals surface area contributed by atoms with E-state index in [0.29, 0.717) is 5.52 Å². The van der Waals surface area contributed by atoms with Crippen LogP contribution in [-0.4, -0.2) is 21.3 Å². The van der Waals surface area contributed by atoms with Gasteiger partial charge in [0, 0.05) is 17.7 Å². The molecule has 2 heterocycles. The molecule has 2 aromatic heterocycles. The summed E-state index contributed by atoms with van der Waals surface area (Å²) in [5.74, 6) is 0.491. The zero-order valence-corrected chi connectivity index (χ0v) is 17.5. The molecule has 149 valence electrons. The number of para-hydroxylation sites is 2. The van der Waals surface area contributed by atoms with Crippen molar-refractivity contribution < 1.29 is 40.6 Å². The van der Waals surface area contributed by atoms with E-state index in [4.69, 9.17) is 8.41 Å². The van der Waals surface area contributed by atoms with Gasteiger partial charge in [-0.05, 0) is 37.4 Å². The van der Waals surface area contributed by atoms with Crippen molar-refractivity contribution in [1.82, 2.24) is 4.98 Å². The predicted octanol–water partition coefficient (Wildman–Crippen LogP) is 4.04. The number of benzene rings is 2. The molecule has 0 unspecified atom stereocenters. The van der Waals surface area contributed by atoms with Crippen molar-refractivity contribution >= 4 is 21.8 Å². The molecule has 29 heavy (non-hydrogen) atoms. The van der Waals surface area contributed by atoms with Crippen LogP contribution in [0.4, 0.5) is 0 Å². The summed E-state index contributed by atoms with van der Waals surface area (Å²) in [6.45, 7) is 5.54. The predicted molar refractivity (Wildman–Crippen MR) is 106 cm³/mol. The van der Waals surface area contributed by atoms with Gasteiger partial charge in [-0.3, -0.25) is 4.98 Å². The summed E-state index contributed by atoms with van der Waals surface area (Å²) >= 11 is 1.06. The quantitative estimate of drug-likeness (QED) is 0.379. The Labute approximate surface area is 178 Å². The summed E-state index contributed by atoms with van der Waals surface area (Å²) in [6, 6.07) is 18.4. The molecule has 7 heteroatoms. The van der Waals surface area contributed by atoms with E-state index in [2.05, 4.69) is 4.98 Å². The maximum absolute atomic E-state index is 9.82. The van der Waals surface area contributed by atoms with Gasteiger partial charge < -0.3 is 19.5 Å². The van der Waals surface area contributed by atoms with Gasteiger partial charge in [-0.15, -0.1) is 0 Å². The number of phenols is 2. The molecule has 0 atom stereocenters. The summed E-state index contributed by atoms with van der Waals surface area (Å²) in [5, 5.41) is 21.1. The molecule has 2 N–H and O–H groups in total. The van der Waals surface area contributed by atoms with Crippen LogP contribution in [0.25, 0.3) is 21.8 Å². The van der Waals surface area contributed by atoms with E-state index in [1.165, 1.54) is 0 Å². The van der Waals surface area contributed by atoms with Gasteiger partial charge in [0.05, 0.1) is 6.20 Å². The molecule has 2 aromatic carbocycles. The van der Waals surface area contributed by atoms with Crippen LogP contribution in [-0.2, 0) is 25.8 Å². The first-order chi connectivity index (χ1) is 14.1. The van der Waals surface area contributed by atoms with Crippen molar-refractivity contribution in [2.75, 3.05) is 0 Å². The van der Waals surface area contributed by atoms with Gasteiger partial charge in [-0.2, -0.15) is 0 Å². The van der Waals surface area contributed by atoms with E-state index in [9.17, 15) is 10.2 Å². The van der Waals surface area contributed by atoms with E-state index in [-0.39, 0.29) is 17.6 Å². The summed E-state index contributed by atoms with van der Waals surface area (Å²) in [4.78, 5) is 4.03. The molecule has 4 aromatic rings. The molecule has 6 nitrogen and oxygen atoms in total. The fraction of sp³-hybridized carbons (Fsp3) is 0.136. The van der Waals surface area contributed by atoms with E-state index in [1.807, 2.05) is 62.5 Å². The van der Waals surface area contributed by atoms with Crippen molar-refractivity contribution in [3.05, 3.63) is 79.8 Å². The third-order valence-corrected chi connectivity index (χ3v) is 3.88. The average Bonchev–Trinajstić information content (AvgIpc) is 2.75. The van der Waals surface area contributed by atoms with Crippen LogP contribution in [0.15, 0.2) is 73.1 Å². The summed E-state index contributed by atoms with van der Waals surface area (Å²) in [7, 11) is 0. The number of pyridine rings is 2. The Morgan fingerprint density at radius 1 is 0.931 bits per heavy atom. The van der Waals surface area contributed by atoms with Crippen LogP contribution in [0.5, 0.6) is 11.5 Å². The van der Waals surface area contributed by atoms with E-state index < -0.39 is 0 Å². The van der Waals surface area contributed by atoms with Crippen molar-refractivity contribution in [1.29, 1.82) is 0 Å². The minimum absolute atomic E-state index is 0.119. The third-order valence-electron chi connectivity index (χ3n) is 3.88. The first-order valence-electron chi connectivity index (χ1n) is 8.88. The fourth-order valence-corrected chi connectivity index (χ4v) is 2.64. The van der Waals surface area contributed by atoms with Gasteiger partial charge in [-0.25, -0.2) is 0 Å². The molecule has 0 fully saturated rings. The van der Waals surface area contributed by atoms with Crippen LogP contribution >= 0.6 is 0 Å². The number of rotatable bonds is 3. The molecule has 4 rings (SSSR count). The Kier molecular flexibility index (Phi) is 8.61. The van der Waals surface area contributed by atoms with Crippen LogP contribution in [0.2, 0.25) is 0 Å². The number of hydrogen-bond acceptors (Lipinski definition) is 5. The van der Waals surface area contributed by atoms with Gasteiger partial charge in [0.2, 0.25) is 0 Å². The summed E-state index contributed by atoms with van der Waals surface area (Å²) < 4.78 is 15.4.